The second-order valence-electron chi connectivity index (χ2n) is 22.7. The SMILES string of the molecule is CC[C@H](C)[C@H]1C(=O)N(C)[C@@H](CC(C)C)C(=O)C[C@H](C(=O)N2CCCCC2)CC(=O)N(C)CC(=O)C[C@@H]([C@@H](C)O)C(=O)N(C)[C@@H](C)C(=O)N(C)[C@@H](C(C)C)C(=O)N[C@@H](Cc2ccccc2)C(=O)N(C)CC(=O)N[C@@H](C)C(=O)N1C. The number of aliphatic hydroxyl groups is 1. The summed E-state index contributed by atoms with van der Waals surface area (Å²) in [6.45, 7) is 14.8. The third-order valence-corrected chi connectivity index (χ3v) is 15.5. The van der Waals surface area contributed by atoms with Gasteiger partial charge in [-0.25, -0.2) is 0 Å². The van der Waals surface area contributed by atoms with Gasteiger partial charge in [0.15, 0.2) is 11.6 Å². The molecule has 0 bridgehead atoms. The summed E-state index contributed by atoms with van der Waals surface area (Å²) in [5, 5.41) is 16.4. The highest BCUT2D eigenvalue weighted by Crippen LogP contribution is 2.26. The zero-order chi connectivity index (χ0) is 59.0. The number of carbonyl (C=O) groups excluding carboxylic acids is 11. The van der Waals surface area contributed by atoms with Gasteiger partial charge in [-0.05, 0) is 69.8 Å². The first kappa shape index (κ1) is 66.0. The van der Waals surface area contributed by atoms with E-state index in [0.717, 1.165) is 34.0 Å². The van der Waals surface area contributed by atoms with E-state index in [0.29, 0.717) is 25.1 Å². The zero-order valence-electron chi connectivity index (χ0n) is 49.1. The third kappa shape index (κ3) is 17.9. The Morgan fingerprint density at radius 2 is 1.24 bits per heavy atom. The number of likely N-dealkylation sites (N-methyl/N-ethyl adjacent to an activating group) is 6. The van der Waals surface area contributed by atoms with E-state index in [1.54, 1.807) is 56.0 Å². The number of ketones is 2. The molecule has 21 heteroatoms. The zero-order valence-corrected chi connectivity index (χ0v) is 49.1. The molecule has 1 aromatic rings. The van der Waals surface area contributed by atoms with E-state index in [9.17, 15) is 57.8 Å². The first-order chi connectivity index (χ1) is 36.4. The van der Waals surface area contributed by atoms with E-state index in [4.69, 9.17) is 0 Å². The molecule has 21 nitrogen and oxygen atoms in total. The van der Waals surface area contributed by atoms with Crippen LogP contribution in [0.2, 0.25) is 0 Å². The lowest BCUT2D eigenvalue weighted by molar-refractivity contribution is -0.152. The number of likely N-dealkylation sites (tertiary alicyclic amines) is 1. The van der Waals surface area contributed by atoms with Crippen molar-refractivity contribution in [3.63, 3.8) is 0 Å². The Kier molecular flexibility index (Phi) is 25.6. The number of nitrogens with one attached hydrogen (secondary N) is 2. The standard InChI is InChI=1S/C57H91N9O12/c1-16-36(6)50-57(78)63(13)45(27-34(2)3)46(69)29-41(54(75)66-25-21-18-22-26-66)30-48(71)60(10)32-42(68)31-43(39(9)67)55(76)62(12)38(8)53(74)64(14)49(35(4)5)51(72)59-44(28-40-23-19-17-20-24-40)56(77)61(11)33-47(70)58-37(7)52(73)65(50)15/h17,19-20,23-24,34-39,41,43-45,49-50,67H,16,18,21-22,25-33H2,1-15H3,(H,58,70)(H,59,72)/t36-,37-,38-,39+,41-,43-,44-,45-,49-,50-/m0/s1. The number of benzene rings is 1. The molecule has 78 heavy (non-hydrogen) atoms. The van der Waals surface area contributed by atoms with Crippen LogP contribution in [-0.2, 0) is 59.2 Å². The van der Waals surface area contributed by atoms with E-state index < -0.39 is 163 Å². The second kappa shape index (κ2) is 30.2. The van der Waals surface area contributed by atoms with E-state index in [1.165, 1.54) is 77.8 Å². The Bertz CT molecular complexity index is 2290. The van der Waals surface area contributed by atoms with Gasteiger partial charge in [0.25, 0.3) is 0 Å². The molecular weight excluding hydrogens is 1000 g/mol. The van der Waals surface area contributed by atoms with Crippen molar-refractivity contribution in [1.29, 1.82) is 0 Å². The van der Waals surface area contributed by atoms with Crippen LogP contribution in [0.4, 0.5) is 0 Å². The lowest BCUT2D eigenvalue weighted by Crippen LogP contribution is -2.60. The van der Waals surface area contributed by atoms with Gasteiger partial charge >= 0.3 is 0 Å². The van der Waals surface area contributed by atoms with Crippen molar-refractivity contribution >= 4 is 64.7 Å². The molecule has 2 aliphatic heterocycles. The Balaban J connectivity index is 2.17. The molecule has 0 aliphatic carbocycles. The van der Waals surface area contributed by atoms with Crippen molar-refractivity contribution in [2.75, 3.05) is 68.5 Å². The molecule has 2 aliphatic rings. The lowest BCUT2D eigenvalue weighted by atomic mass is 9.88. The Hall–Kier alpha value is -6.25. The van der Waals surface area contributed by atoms with Crippen LogP contribution in [0.15, 0.2) is 30.3 Å². The number of nitrogens with zero attached hydrogens (tertiary/aromatic N) is 7. The van der Waals surface area contributed by atoms with Crippen molar-refractivity contribution in [2.24, 2.45) is 29.6 Å². The molecular formula is C57H91N9O12. The van der Waals surface area contributed by atoms with E-state index in [-0.39, 0.29) is 18.8 Å². The highest BCUT2D eigenvalue weighted by molar-refractivity contribution is 5.99. The first-order valence-electron chi connectivity index (χ1n) is 27.7. The van der Waals surface area contributed by atoms with Crippen LogP contribution >= 0.6 is 0 Å². The number of hydrogen-bond donors (Lipinski definition) is 3. The van der Waals surface area contributed by atoms with Gasteiger partial charge in [-0.3, -0.25) is 52.7 Å². The van der Waals surface area contributed by atoms with Gasteiger partial charge in [0.05, 0.1) is 37.1 Å². The van der Waals surface area contributed by atoms with Crippen molar-refractivity contribution in [3.8, 4) is 0 Å². The van der Waals surface area contributed by atoms with Crippen LogP contribution in [0.3, 0.4) is 0 Å². The molecule has 0 unspecified atom stereocenters. The summed E-state index contributed by atoms with van der Waals surface area (Å²) in [6, 6.07) is 1.81. The molecule has 3 rings (SSSR count). The first-order valence-corrected chi connectivity index (χ1v) is 27.7. The number of aliphatic hydroxyl groups excluding tert-OH is 1. The fraction of sp³-hybridized carbons (Fsp3) is 0.702. The largest absolute Gasteiger partial charge is 0.393 e. The maximum atomic E-state index is 14.8. The molecule has 0 saturated carbocycles. The van der Waals surface area contributed by atoms with Crippen LogP contribution in [-0.4, -0.2) is 215 Å². The van der Waals surface area contributed by atoms with Crippen LogP contribution in [0.5, 0.6) is 0 Å². The van der Waals surface area contributed by atoms with Crippen LogP contribution in [0.25, 0.3) is 0 Å². The van der Waals surface area contributed by atoms with Gasteiger partial charge in [0, 0.05) is 81.1 Å². The molecule has 0 radical (unpaired) electrons. The summed E-state index contributed by atoms with van der Waals surface area (Å²) in [6.07, 6.45) is 0.236. The normalized spacial score (nSPS) is 26.8. The van der Waals surface area contributed by atoms with Crippen molar-refractivity contribution in [3.05, 3.63) is 35.9 Å². The van der Waals surface area contributed by atoms with E-state index >= 15 is 0 Å². The number of rotatable bonds is 9. The minimum absolute atomic E-state index is 0.00299. The van der Waals surface area contributed by atoms with Gasteiger partial charge in [-0.1, -0.05) is 78.3 Å². The molecule has 10 atom stereocenters. The molecule has 1 aromatic carbocycles. The predicted molar refractivity (Wildman–Crippen MR) is 294 cm³/mol. The van der Waals surface area contributed by atoms with Crippen LogP contribution < -0.4 is 10.6 Å². The number of Topliss-reactive ketones (excluding diaryl/α,β-unsaturated/α-hetero) is 2. The van der Waals surface area contributed by atoms with Gasteiger partial charge in [0.2, 0.25) is 53.2 Å². The maximum absolute atomic E-state index is 14.8. The summed E-state index contributed by atoms with van der Waals surface area (Å²) in [7, 11) is 8.39. The van der Waals surface area contributed by atoms with E-state index in [1.807, 2.05) is 20.8 Å². The Labute approximate surface area is 462 Å². The lowest BCUT2D eigenvalue weighted by Gasteiger charge is -2.38. The molecule has 2 heterocycles. The summed E-state index contributed by atoms with van der Waals surface area (Å²) < 4.78 is 0. The molecule has 2 fully saturated rings. The second-order valence-corrected chi connectivity index (χ2v) is 22.7. The Morgan fingerprint density at radius 3 is 1.79 bits per heavy atom. The molecule has 2 saturated heterocycles. The monoisotopic (exact) mass is 1090 g/mol. The molecule has 3 N–H and O–H groups in total. The number of amides is 9. The molecule has 0 spiro atoms. The van der Waals surface area contributed by atoms with Gasteiger partial charge in [-0.15, -0.1) is 0 Å². The smallest absolute Gasteiger partial charge is 0.245 e. The molecule has 436 valence electrons. The van der Waals surface area contributed by atoms with Crippen LogP contribution in [0.1, 0.15) is 119 Å². The summed E-state index contributed by atoms with van der Waals surface area (Å²) in [5.41, 5.74) is 0.677. The maximum Gasteiger partial charge on any atom is 0.245 e. The number of carbonyl (C=O) groups is 11. The fourth-order valence-corrected chi connectivity index (χ4v) is 10.5. The minimum atomic E-state index is -1.38. The quantitative estimate of drug-likeness (QED) is 0.322. The highest BCUT2D eigenvalue weighted by Gasteiger charge is 2.42. The van der Waals surface area contributed by atoms with Gasteiger partial charge in [-0.2, -0.15) is 0 Å². The molecule has 0 aromatic heterocycles. The third-order valence-electron chi connectivity index (χ3n) is 15.5. The Morgan fingerprint density at radius 1 is 0.654 bits per heavy atom. The summed E-state index contributed by atoms with van der Waals surface area (Å²) in [5.74, 6) is -10.4. The summed E-state index contributed by atoms with van der Waals surface area (Å²) >= 11 is 0. The predicted octanol–water partition coefficient (Wildman–Crippen LogP) is 2.16. The van der Waals surface area contributed by atoms with Gasteiger partial charge in [0.1, 0.15) is 30.2 Å². The van der Waals surface area contributed by atoms with E-state index in [2.05, 4.69) is 10.6 Å². The average molecular weight is 1090 g/mol. The van der Waals surface area contributed by atoms with Gasteiger partial charge < -0.3 is 50.0 Å². The minimum Gasteiger partial charge on any atom is -0.393 e. The van der Waals surface area contributed by atoms with Crippen molar-refractivity contribution in [2.45, 2.75) is 162 Å². The summed E-state index contributed by atoms with van der Waals surface area (Å²) in [4.78, 5) is 166. The number of piperidine rings is 1. The fourth-order valence-electron chi connectivity index (χ4n) is 10.5. The highest BCUT2D eigenvalue weighted by atomic mass is 16.3. The average Bonchev–Trinajstić information content (AvgIpc) is 3.39. The number of hydrogen-bond acceptors (Lipinski definition) is 12. The van der Waals surface area contributed by atoms with Crippen molar-refractivity contribution in [1.82, 2.24) is 44.9 Å². The van der Waals surface area contributed by atoms with Crippen molar-refractivity contribution < 1.29 is 57.8 Å². The molecule has 9 amide bonds. The topological polar surface area (TPSA) is 255 Å². The van der Waals surface area contributed by atoms with Crippen LogP contribution in [0, 0.1) is 29.6 Å².